The van der Waals surface area contributed by atoms with Crippen molar-refractivity contribution in [2.45, 2.75) is 12.7 Å². The first kappa shape index (κ1) is 23.5. The van der Waals surface area contributed by atoms with Crippen LogP contribution in [0.3, 0.4) is 0 Å². The molecule has 0 spiro atoms. The van der Waals surface area contributed by atoms with Crippen molar-refractivity contribution >= 4 is 34.1 Å². The van der Waals surface area contributed by atoms with Crippen LogP contribution in [-0.4, -0.2) is 35.4 Å². The summed E-state index contributed by atoms with van der Waals surface area (Å²) in [5.41, 5.74) is 5.16. The summed E-state index contributed by atoms with van der Waals surface area (Å²) in [7, 11) is 0. The van der Waals surface area contributed by atoms with E-state index in [0.29, 0.717) is 15.6 Å². The van der Waals surface area contributed by atoms with Crippen LogP contribution < -0.4 is 11.1 Å². The number of aromatic nitrogens is 6. The zero-order valence-electron chi connectivity index (χ0n) is 18.2. The Morgan fingerprint density at radius 2 is 1.92 bits per heavy atom. The van der Waals surface area contributed by atoms with Gasteiger partial charge >= 0.3 is 6.18 Å². The number of nitrogens with zero attached hydrogens (tertiary/aromatic N) is 6. The van der Waals surface area contributed by atoms with Gasteiger partial charge in [-0.1, -0.05) is 17.7 Å². The second-order valence-electron chi connectivity index (χ2n) is 7.64. The van der Waals surface area contributed by atoms with E-state index in [1.165, 1.54) is 29.2 Å². The van der Waals surface area contributed by atoms with E-state index in [4.69, 9.17) is 17.3 Å². The van der Waals surface area contributed by atoms with E-state index in [0.717, 1.165) is 11.8 Å². The summed E-state index contributed by atoms with van der Waals surface area (Å²) >= 11 is 6.28. The zero-order chi connectivity index (χ0) is 25.4. The van der Waals surface area contributed by atoms with Crippen molar-refractivity contribution in [2.24, 2.45) is 5.73 Å². The number of anilines is 1. The van der Waals surface area contributed by atoms with Crippen LogP contribution in [0.25, 0.3) is 22.4 Å². The molecule has 0 saturated heterocycles. The third-order valence-corrected chi connectivity index (χ3v) is 5.58. The number of pyridine rings is 2. The number of benzene rings is 1. The van der Waals surface area contributed by atoms with Crippen LogP contribution in [0.4, 0.5) is 18.9 Å². The van der Waals surface area contributed by atoms with E-state index in [1.54, 1.807) is 36.7 Å². The van der Waals surface area contributed by atoms with Gasteiger partial charge in [-0.05, 0) is 30.3 Å². The van der Waals surface area contributed by atoms with Crippen LogP contribution in [0.2, 0.25) is 5.02 Å². The maximum Gasteiger partial charge on any atom is 0.434 e. The van der Waals surface area contributed by atoms with E-state index in [9.17, 15) is 18.0 Å². The van der Waals surface area contributed by atoms with Gasteiger partial charge in [-0.3, -0.25) is 9.78 Å². The number of amides is 1. The smallest absolute Gasteiger partial charge is 0.326 e. The maximum atomic E-state index is 14.2. The van der Waals surface area contributed by atoms with Crippen molar-refractivity contribution in [1.29, 1.82) is 0 Å². The van der Waals surface area contributed by atoms with Gasteiger partial charge in [0.25, 0.3) is 5.91 Å². The van der Waals surface area contributed by atoms with Gasteiger partial charge in [0.15, 0.2) is 11.5 Å². The molecule has 1 aromatic carbocycles. The summed E-state index contributed by atoms with van der Waals surface area (Å²) in [6.07, 6.45) is 1.97. The van der Waals surface area contributed by atoms with Crippen LogP contribution in [0.15, 0.2) is 67.4 Å². The van der Waals surface area contributed by atoms with E-state index >= 15 is 0 Å². The van der Waals surface area contributed by atoms with Gasteiger partial charge in [0.2, 0.25) is 0 Å². The Morgan fingerprint density at radius 1 is 1.08 bits per heavy atom. The number of rotatable bonds is 5. The number of hydrogen-bond donors (Lipinski definition) is 2. The fourth-order valence-electron chi connectivity index (χ4n) is 3.69. The Hall–Kier alpha value is -4.29. The molecule has 182 valence electrons. The summed E-state index contributed by atoms with van der Waals surface area (Å²) in [6.45, 7) is 0.274. The van der Waals surface area contributed by atoms with Gasteiger partial charge < -0.3 is 11.1 Å². The van der Waals surface area contributed by atoms with E-state index < -0.39 is 23.3 Å². The molecular weight excluding hydrogens is 497 g/mol. The highest BCUT2D eigenvalue weighted by Crippen LogP contribution is 2.35. The van der Waals surface area contributed by atoms with Crippen molar-refractivity contribution in [2.75, 3.05) is 5.32 Å². The average molecular weight is 513 g/mol. The molecule has 5 aromatic rings. The monoisotopic (exact) mass is 512 g/mol. The molecule has 0 bridgehead atoms. The Kier molecular flexibility index (Phi) is 5.90. The highest BCUT2D eigenvalue weighted by Gasteiger charge is 2.41. The second kappa shape index (κ2) is 9.06. The molecule has 9 nitrogen and oxygen atoms in total. The molecule has 0 unspecified atom stereocenters. The van der Waals surface area contributed by atoms with Crippen molar-refractivity contribution in [3.63, 3.8) is 0 Å². The largest absolute Gasteiger partial charge is 0.434 e. The second-order valence-corrected chi connectivity index (χ2v) is 8.05. The number of fused-ring (bicyclic) bond motifs is 1. The number of carbonyl (C=O) groups excluding carboxylic acids is 1. The SMILES string of the molecule is NCc1cnn(-c2ncc(NC(=O)c3cnn(-c4cccc5ncccc45)c3C(F)(F)F)cc2Cl)c1. The average Bonchev–Trinajstić information content (AvgIpc) is 3.51. The van der Waals surface area contributed by atoms with E-state index in [-0.39, 0.29) is 28.8 Å². The molecule has 0 aliphatic carbocycles. The van der Waals surface area contributed by atoms with Gasteiger partial charge in [0, 0.05) is 29.9 Å². The number of nitrogens with one attached hydrogen (secondary N) is 1. The number of nitrogens with two attached hydrogens (primary N) is 1. The first-order valence-electron chi connectivity index (χ1n) is 10.5. The minimum absolute atomic E-state index is 0.0928. The number of alkyl halides is 3. The molecule has 36 heavy (non-hydrogen) atoms. The van der Waals surface area contributed by atoms with E-state index in [1.807, 2.05) is 0 Å². The van der Waals surface area contributed by atoms with Crippen LogP contribution in [0, 0.1) is 0 Å². The third-order valence-electron chi connectivity index (χ3n) is 5.30. The van der Waals surface area contributed by atoms with Gasteiger partial charge in [0.1, 0.15) is 0 Å². The highest BCUT2D eigenvalue weighted by molar-refractivity contribution is 6.32. The van der Waals surface area contributed by atoms with Crippen LogP contribution in [0.5, 0.6) is 0 Å². The summed E-state index contributed by atoms with van der Waals surface area (Å²) in [4.78, 5) is 21.2. The number of hydrogen-bond acceptors (Lipinski definition) is 6. The number of carbonyl (C=O) groups is 1. The molecular formula is C23H16ClF3N8O. The molecule has 0 fully saturated rings. The van der Waals surface area contributed by atoms with Gasteiger partial charge in [-0.15, -0.1) is 0 Å². The number of halogens is 4. The standard InChI is InChI=1S/C23H16ClF3N8O/c24-17-7-14(10-30-21(17)34-12-13(8-28)9-31-34)33-22(36)16-11-32-35(20(16)23(25,26)27)19-5-1-4-18-15(19)3-2-6-29-18/h1-7,9-12H,8,28H2,(H,33,36). The lowest BCUT2D eigenvalue weighted by atomic mass is 10.1. The summed E-state index contributed by atoms with van der Waals surface area (Å²) in [5.74, 6) is -0.759. The van der Waals surface area contributed by atoms with Crippen molar-refractivity contribution in [3.05, 3.63) is 89.2 Å². The predicted octanol–water partition coefficient (Wildman–Crippen LogP) is 4.38. The minimum atomic E-state index is -4.88. The van der Waals surface area contributed by atoms with Gasteiger partial charge in [-0.2, -0.15) is 23.4 Å². The lowest BCUT2D eigenvalue weighted by Gasteiger charge is -2.14. The maximum absolute atomic E-state index is 14.2. The quantitative estimate of drug-likeness (QED) is 0.361. The fraction of sp³-hybridized carbons (Fsp3) is 0.0870. The predicted molar refractivity (Wildman–Crippen MR) is 126 cm³/mol. The van der Waals surface area contributed by atoms with Crippen molar-refractivity contribution < 1.29 is 18.0 Å². The Bertz CT molecular complexity index is 1590. The van der Waals surface area contributed by atoms with Gasteiger partial charge in [0.05, 0.1) is 46.1 Å². The van der Waals surface area contributed by atoms with E-state index in [2.05, 4.69) is 25.5 Å². The molecule has 0 aliphatic heterocycles. The lowest BCUT2D eigenvalue weighted by Crippen LogP contribution is -2.21. The molecule has 0 atom stereocenters. The molecule has 0 saturated carbocycles. The third kappa shape index (κ3) is 4.27. The molecule has 4 aromatic heterocycles. The molecule has 3 N–H and O–H groups in total. The van der Waals surface area contributed by atoms with Crippen LogP contribution in [0.1, 0.15) is 21.6 Å². The topological polar surface area (TPSA) is 117 Å². The Morgan fingerprint density at radius 3 is 2.64 bits per heavy atom. The van der Waals surface area contributed by atoms with Crippen molar-refractivity contribution in [1.82, 2.24) is 29.5 Å². The molecule has 1 amide bonds. The minimum Gasteiger partial charge on any atom is -0.326 e. The Labute approximate surface area is 206 Å². The summed E-state index contributed by atoms with van der Waals surface area (Å²) < 4.78 is 44.6. The molecule has 0 radical (unpaired) electrons. The molecule has 4 heterocycles. The van der Waals surface area contributed by atoms with Gasteiger partial charge in [-0.25, -0.2) is 14.3 Å². The first-order chi connectivity index (χ1) is 17.3. The molecule has 5 rings (SSSR count). The summed E-state index contributed by atoms with van der Waals surface area (Å²) in [5, 5.41) is 11.0. The highest BCUT2D eigenvalue weighted by atomic mass is 35.5. The lowest BCUT2D eigenvalue weighted by molar-refractivity contribution is -0.143. The summed E-state index contributed by atoms with van der Waals surface area (Å²) in [6, 6.07) is 9.31. The first-order valence-corrected chi connectivity index (χ1v) is 10.8. The molecule has 13 heteroatoms. The molecule has 0 aliphatic rings. The van der Waals surface area contributed by atoms with Crippen molar-refractivity contribution in [3.8, 4) is 11.5 Å². The fourth-order valence-corrected chi connectivity index (χ4v) is 3.94. The Balaban J connectivity index is 1.49. The van der Waals surface area contributed by atoms with Crippen LogP contribution >= 0.6 is 11.6 Å². The zero-order valence-corrected chi connectivity index (χ0v) is 19.0. The normalized spacial score (nSPS) is 11.7. The van der Waals surface area contributed by atoms with Crippen LogP contribution in [-0.2, 0) is 12.7 Å².